The molecule has 1 heterocycles. The highest BCUT2D eigenvalue weighted by molar-refractivity contribution is 14.0. The Morgan fingerprint density at radius 2 is 2.00 bits per heavy atom. The van der Waals surface area contributed by atoms with Crippen molar-refractivity contribution in [3.63, 3.8) is 0 Å². The fraction of sp³-hybridized carbons (Fsp3) is 0.889. The van der Waals surface area contributed by atoms with Crippen molar-refractivity contribution >= 4 is 35.8 Å². The summed E-state index contributed by atoms with van der Waals surface area (Å²) in [4.78, 5) is 18.5. The highest BCUT2D eigenvalue weighted by atomic mass is 127. The van der Waals surface area contributed by atoms with Crippen molar-refractivity contribution in [3.05, 3.63) is 0 Å². The van der Waals surface area contributed by atoms with E-state index in [1.54, 1.807) is 7.05 Å². The number of carbonyl (C=O) groups excluding carboxylic acids is 1. The van der Waals surface area contributed by atoms with E-state index in [0.717, 1.165) is 37.8 Å². The fourth-order valence-electron chi connectivity index (χ4n) is 2.95. The van der Waals surface area contributed by atoms with Gasteiger partial charge < -0.3 is 15.5 Å². The molecule has 1 aliphatic rings. The van der Waals surface area contributed by atoms with Gasteiger partial charge in [-0.15, -0.1) is 24.0 Å². The van der Waals surface area contributed by atoms with Crippen LogP contribution in [0.15, 0.2) is 4.99 Å². The van der Waals surface area contributed by atoms with Gasteiger partial charge in [0, 0.05) is 39.1 Å². The van der Waals surface area contributed by atoms with Gasteiger partial charge in [-0.2, -0.15) is 0 Å². The molecule has 1 aliphatic heterocycles. The molecule has 2 N–H and O–H groups in total. The number of piperidine rings is 1. The van der Waals surface area contributed by atoms with Gasteiger partial charge in [-0.25, -0.2) is 0 Å². The van der Waals surface area contributed by atoms with Crippen molar-refractivity contribution in [2.24, 2.45) is 16.8 Å². The molecule has 0 aromatic heterocycles. The van der Waals surface area contributed by atoms with Crippen LogP contribution in [0.3, 0.4) is 0 Å². The summed E-state index contributed by atoms with van der Waals surface area (Å²) in [5, 5.41) is 6.66. The minimum absolute atomic E-state index is 0. The first kappa shape index (κ1) is 23.5. The maximum absolute atomic E-state index is 12.2. The topological polar surface area (TPSA) is 56.7 Å². The third-order valence-electron chi connectivity index (χ3n) is 4.42. The Balaban J connectivity index is 0.00000529. The van der Waals surface area contributed by atoms with Crippen LogP contribution in [0, 0.1) is 11.8 Å². The monoisotopic (exact) mass is 452 g/mol. The number of hydrogen-bond donors (Lipinski definition) is 2. The lowest BCUT2D eigenvalue weighted by atomic mass is 10.00. The molecule has 1 fully saturated rings. The predicted octanol–water partition coefficient (Wildman–Crippen LogP) is 3.24. The summed E-state index contributed by atoms with van der Waals surface area (Å²) in [7, 11) is 1.78. The molecule has 6 heteroatoms. The minimum Gasteiger partial charge on any atom is -0.356 e. The maximum atomic E-state index is 12.2. The Morgan fingerprint density at radius 1 is 1.29 bits per heavy atom. The Bertz CT molecular complexity index is 387. The van der Waals surface area contributed by atoms with Gasteiger partial charge in [-0.05, 0) is 44.4 Å². The van der Waals surface area contributed by atoms with E-state index in [2.05, 4.69) is 43.3 Å². The molecule has 1 amide bonds. The molecule has 0 aromatic rings. The molecule has 0 aliphatic carbocycles. The average molecular weight is 452 g/mol. The largest absolute Gasteiger partial charge is 0.356 e. The van der Waals surface area contributed by atoms with Gasteiger partial charge in [0.1, 0.15) is 0 Å². The Morgan fingerprint density at radius 3 is 2.58 bits per heavy atom. The van der Waals surface area contributed by atoms with Crippen LogP contribution in [-0.4, -0.2) is 49.5 Å². The molecule has 0 radical (unpaired) electrons. The smallest absolute Gasteiger partial charge is 0.224 e. The van der Waals surface area contributed by atoms with Crippen molar-refractivity contribution < 1.29 is 4.79 Å². The number of guanidine groups is 1. The van der Waals surface area contributed by atoms with Crippen LogP contribution in [0.5, 0.6) is 0 Å². The van der Waals surface area contributed by atoms with E-state index < -0.39 is 0 Å². The number of nitrogens with one attached hydrogen (secondary N) is 2. The molecular formula is C18H37IN4O. The third-order valence-corrected chi connectivity index (χ3v) is 4.42. The lowest BCUT2D eigenvalue weighted by molar-refractivity contribution is -0.132. The van der Waals surface area contributed by atoms with Crippen molar-refractivity contribution in [2.75, 3.05) is 26.7 Å². The summed E-state index contributed by atoms with van der Waals surface area (Å²) in [6, 6.07) is 0.391. The molecule has 0 aromatic carbocycles. The highest BCUT2D eigenvalue weighted by Crippen LogP contribution is 2.15. The summed E-state index contributed by atoms with van der Waals surface area (Å²) in [6.45, 7) is 11.4. The van der Waals surface area contributed by atoms with Gasteiger partial charge >= 0.3 is 0 Å². The number of aliphatic imine (C=N–C) groups is 1. The summed E-state index contributed by atoms with van der Waals surface area (Å²) in [5.41, 5.74) is 0. The predicted molar refractivity (Wildman–Crippen MR) is 113 cm³/mol. The zero-order valence-electron chi connectivity index (χ0n) is 16.1. The molecule has 0 spiro atoms. The lowest BCUT2D eigenvalue weighted by Crippen LogP contribution is -2.44. The van der Waals surface area contributed by atoms with Crippen LogP contribution in [0.2, 0.25) is 0 Å². The van der Waals surface area contributed by atoms with Gasteiger partial charge in [0.15, 0.2) is 5.96 Å². The molecule has 1 saturated heterocycles. The second-order valence-electron chi connectivity index (χ2n) is 7.35. The van der Waals surface area contributed by atoms with E-state index >= 15 is 0 Å². The quantitative estimate of drug-likeness (QED) is 0.354. The molecule has 0 saturated carbocycles. The van der Waals surface area contributed by atoms with Crippen molar-refractivity contribution in [3.8, 4) is 0 Å². The van der Waals surface area contributed by atoms with E-state index in [9.17, 15) is 4.79 Å². The zero-order chi connectivity index (χ0) is 17.2. The van der Waals surface area contributed by atoms with E-state index in [1.165, 1.54) is 12.8 Å². The normalized spacial score (nSPS) is 19.7. The van der Waals surface area contributed by atoms with Crippen LogP contribution in [0.25, 0.3) is 0 Å². The molecule has 1 rings (SSSR count). The van der Waals surface area contributed by atoms with Crippen LogP contribution in [0.4, 0.5) is 0 Å². The molecule has 2 atom stereocenters. The number of halogens is 1. The van der Waals surface area contributed by atoms with Gasteiger partial charge in [-0.3, -0.25) is 9.79 Å². The van der Waals surface area contributed by atoms with E-state index in [1.807, 2.05) is 4.90 Å². The fourth-order valence-corrected chi connectivity index (χ4v) is 2.95. The number of amides is 1. The van der Waals surface area contributed by atoms with Crippen molar-refractivity contribution in [1.82, 2.24) is 15.5 Å². The number of nitrogens with zero attached hydrogens (tertiary/aromatic N) is 2. The number of hydrogen-bond acceptors (Lipinski definition) is 2. The number of carbonyl (C=O) groups is 1. The van der Waals surface area contributed by atoms with Crippen LogP contribution in [0.1, 0.15) is 59.8 Å². The molecule has 0 bridgehead atoms. The van der Waals surface area contributed by atoms with Crippen molar-refractivity contribution in [2.45, 2.75) is 65.8 Å². The summed E-state index contributed by atoms with van der Waals surface area (Å²) >= 11 is 0. The highest BCUT2D eigenvalue weighted by Gasteiger charge is 2.20. The first-order chi connectivity index (χ1) is 10.9. The summed E-state index contributed by atoms with van der Waals surface area (Å²) in [5.74, 6) is 2.41. The number of rotatable bonds is 7. The van der Waals surface area contributed by atoms with Gasteiger partial charge in [-0.1, -0.05) is 20.8 Å². The van der Waals surface area contributed by atoms with E-state index in [0.29, 0.717) is 24.9 Å². The lowest BCUT2D eigenvalue weighted by Gasteiger charge is -2.31. The van der Waals surface area contributed by atoms with Gasteiger partial charge in [0.05, 0.1) is 0 Å². The SMILES string of the molecule is CN=C(NCCC(=O)N1CCCC(C)C1)NC(C)CCC(C)C.I. The van der Waals surface area contributed by atoms with E-state index in [4.69, 9.17) is 0 Å². The Kier molecular flexibility index (Phi) is 12.5. The van der Waals surface area contributed by atoms with Crippen molar-refractivity contribution in [1.29, 1.82) is 0 Å². The Hall–Kier alpha value is -0.530. The van der Waals surface area contributed by atoms with Crippen LogP contribution < -0.4 is 10.6 Å². The zero-order valence-corrected chi connectivity index (χ0v) is 18.4. The Labute approximate surface area is 165 Å². The van der Waals surface area contributed by atoms with Crippen LogP contribution >= 0.6 is 24.0 Å². The molecular weight excluding hydrogens is 415 g/mol. The van der Waals surface area contributed by atoms with Crippen LogP contribution in [-0.2, 0) is 4.79 Å². The molecule has 2 unspecified atom stereocenters. The first-order valence-corrected chi connectivity index (χ1v) is 9.17. The summed E-state index contributed by atoms with van der Waals surface area (Å²) < 4.78 is 0. The second kappa shape index (κ2) is 12.8. The minimum atomic E-state index is 0. The second-order valence-corrected chi connectivity index (χ2v) is 7.35. The number of likely N-dealkylation sites (tertiary alicyclic amines) is 1. The van der Waals surface area contributed by atoms with E-state index in [-0.39, 0.29) is 29.9 Å². The summed E-state index contributed by atoms with van der Waals surface area (Å²) in [6.07, 6.45) is 5.25. The molecule has 5 nitrogen and oxygen atoms in total. The average Bonchev–Trinajstić information content (AvgIpc) is 2.51. The molecule has 24 heavy (non-hydrogen) atoms. The van der Waals surface area contributed by atoms with Gasteiger partial charge in [0.25, 0.3) is 0 Å². The third kappa shape index (κ3) is 9.69. The molecule has 142 valence electrons. The van der Waals surface area contributed by atoms with Gasteiger partial charge in [0.2, 0.25) is 5.91 Å². The standard InChI is InChI=1S/C18H36N4O.HI/c1-14(2)8-9-16(4)21-18(19-5)20-11-10-17(23)22-12-6-7-15(3)13-22;/h14-16H,6-13H2,1-5H3,(H2,19,20,21);1H. The first-order valence-electron chi connectivity index (χ1n) is 9.17. The maximum Gasteiger partial charge on any atom is 0.224 e.